The van der Waals surface area contributed by atoms with Gasteiger partial charge in [-0.25, -0.2) is 18.4 Å². The molecule has 0 radical (unpaired) electrons. The summed E-state index contributed by atoms with van der Waals surface area (Å²) in [6, 6.07) is 6.88. The van der Waals surface area contributed by atoms with Crippen LogP contribution >= 0.6 is 0 Å². The predicted octanol–water partition coefficient (Wildman–Crippen LogP) is 1.80. The van der Waals surface area contributed by atoms with Crippen molar-refractivity contribution in [3.05, 3.63) is 53.4 Å². The van der Waals surface area contributed by atoms with E-state index in [1.165, 1.54) is 6.20 Å². The number of aliphatic hydroxyl groups is 1. The van der Waals surface area contributed by atoms with Gasteiger partial charge in [0.15, 0.2) is 5.82 Å². The largest absolute Gasteiger partial charge is 0.377 e. The van der Waals surface area contributed by atoms with Crippen LogP contribution in [0.4, 0.5) is 14.7 Å². The minimum atomic E-state index is -2.67. The molecule has 1 fully saturated rings. The zero-order chi connectivity index (χ0) is 22.7. The van der Waals surface area contributed by atoms with Crippen LogP contribution < -0.4 is 5.73 Å². The normalized spacial score (nSPS) is 17.9. The molecule has 1 atom stereocenters. The zero-order valence-corrected chi connectivity index (χ0v) is 17.3. The number of aryl methyl sites for hydroxylation is 1. The predicted molar refractivity (Wildman–Crippen MR) is 109 cm³/mol. The fourth-order valence-corrected chi connectivity index (χ4v) is 3.81. The van der Waals surface area contributed by atoms with Gasteiger partial charge in [-0.3, -0.25) is 4.90 Å². The van der Waals surface area contributed by atoms with Crippen molar-refractivity contribution in [3.63, 3.8) is 0 Å². The Morgan fingerprint density at radius 2 is 2.03 bits per heavy atom. The third kappa shape index (κ3) is 3.46. The van der Waals surface area contributed by atoms with Crippen LogP contribution in [0.2, 0.25) is 0 Å². The van der Waals surface area contributed by atoms with Crippen molar-refractivity contribution in [2.45, 2.75) is 31.9 Å². The molecule has 0 aliphatic carbocycles. The van der Waals surface area contributed by atoms with E-state index in [2.05, 4.69) is 25.2 Å². The number of benzene rings is 1. The lowest BCUT2D eigenvalue weighted by Crippen LogP contribution is -2.55. The van der Waals surface area contributed by atoms with Crippen molar-refractivity contribution in [1.82, 2.24) is 34.8 Å². The molecule has 0 amide bonds. The summed E-state index contributed by atoms with van der Waals surface area (Å²) >= 11 is 0. The number of nitrogen functional groups attached to an aromatic ring is 1. The Balaban J connectivity index is 1.62. The van der Waals surface area contributed by atoms with Crippen LogP contribution in [0.25, 0.3) is 16.7 Å². The van der Waals surface area contributed by atoms with Gasteiger partial charge in [0.25, 0.3) is 5.92 Å². The second-order valence-corrected chi connectivity index (χ2v) is 8.07. The fourth-order valence-electron chi connectivity index (χ4n) is 3.81. The number of nitrogens with zero attached hydrogens (tertiary/aromatic N) is 7. The van der Waals surface area contributed by atoms with Crippen molar-refractivity contribution < 1.29 is 18.4 Å². The third-order valence-electron chi connectivity index (χ3n) is 5.44. The Hall–Kier alpha value is -3.51. The molecule has 0 bridgehead atoms. The molecule has 1 aliphatic heterocycles. The van der Waals surface area contributed by atoms with Gasteiger partial charge in [-0.2, -0.15) is 15.1 Å². The molecule has 0 saturated carbocycles. The van der Waals surface area contributed by atoms with Gasteiger partial charge in [0.1, 0.15) is 5.60 Å². The molecule has 166 valence electrons. The zero-order valence-electron chi connectivity index (χ0n) is 17.3. The van der Waals surface area contributed by atoms with E-state index < -0.39 is 11.5 Å². The van der Waals surface area contributed by atoms with Crippen molar-refractivity contribution in [1.29, 1.82) is 0 Å². The van der Waals surface area contributed by atoms with Crippen molar-refractivity contribution in [3.8, 4) is 5.82 Å². The molecule has 4 heterocycles. The van der Waals surface area contributed by atoms with Gasteiger partial charge >= 0.3 is 0 Å². The van der Waals surface area contributed by atoms with Gasteiger partial charge in [-0.1, -0.05) is 17.3 Å². The minimum absolute atomic E-state index is 0.0699. The topological polar surface area (TPSA) is 132 Å². The highest BCUT2D eigenvalue weighted by molar-refractivity contribution is 5.84. The molecule has 5 rings (SSSR count). The van der Waals surface area contributed by atoms with E-state index >= 15 is 0 Å². The number of hydrogen-bond donors (Lipinski definition) is 2. The Morgan fingerprint density at radius 1 is 1.25 bits per heavy atom. The number of nitrogens with two attached hydrogens (primary N) is 1. The number of rotatable bonds is 5. The molecule has 32 heavy (non-hydrogen) atoms. The molecule has 1 aromatic carbocycles. The quantitative estimate of drug-likeness (QED) is 0.475. The molecule has 1 aliphatic rings. The Kier molecular flexibility index (Phi) is 4.46. The summed E-state index contributed by atoms with van der Waals surface area (Å²) in [4.78, 5) is 13.9. The standard InChI is InChI=1S/C20H20F2N8O2/c1-11-25-17(28-32-11)19(2,31)12-3-4-13-14(8-29-9-20(21,22)10-29)27-30(15(13)7-12)16-5-6-24-18(23)26-16/h3-7,31H,8-10H2,1-2H3,(H2,23,24,26)/t19-/m1/s1. The molecule has 3 N–H and O–H groups in total. The van der Waals surface area contributed by atoms with Gasteiger partial charge < -0.3 is 15.4 Å². The van der Waals surface area contributed by atoms with Gasteiger partial charge in [-0.05, 0) is 18.6 Å². The number of anilines is 1. The summed E-state index contributed by atoms with van der Waals surface area (Å²) in [5.41, 5.74) is 5.92. The summed E-state index contributed by atoms with van der Waals surface area (Å²) in [6.07, 6.45) is 1.50. The highest BCUT2D eigenvalue weighted by Gasteiger charge is 2.44. The first kappa shape index (κ1) is 20.4. The fraction of sp³-hybridized carbons (Fsp3) is 0.350. The van der Waals surface area contributed by atoms with Crippen LogP contribution in [-0.4, -0.2) is 58.9 Å². The minimum Gasteiger partial charge on any atom is -0.377 e. The van der Waals surface area contributed by atoms with Crippen LogP contribution in [0, 0.1) is 6.92 Å². The van der Waals surface area contributed by atoms with E-state index in [4.69, 9.17) is 10.3 Å². The number of aromatic nitrogens is 6. The van der Waals surface area contributed by atoms with E-state index in [0.717, 1.165) is 5.39 Å². The van der Waals surface area contributed by atoms with Crippen LogP contribution in [-0.2, 0) is 12.1 Å². The third-order valence-corrected chi connectivity index (χ3v) is 5.44. The lowest BCUT2D eigenvalue weighted by atomic mass is 9.94. The summed E-state index contributed by atoms with van der Waals surface area (Å²) in [5.74, 6) is -1.74. The number of fused-ring (bicyclic) bond motifs is 1. The summed E-state index contributed by atoms with van der Waals surface area (Å²) < 4.78 is 33.2. The highest BCUT2D eigenvalue weighted by Crippen LogP contribution is 2.33. The second kappa shape index (κ2) is 7.00. The average molecular weight is 442 g/mol. The van der Waals surface area contributed by atoms with E-state index in [0.29, 0.717) is 28.5 Å². The van der Waals surface area contributed by atoms with E-state index in [1.807, 2.05) is 0 Å². The smallest absolute Gasteiger partial charge is 0.272 e. The van der Waals surface area contributed by atoms with Gasteiger partial charge in [-0.15, -0.1) is 0 Å². The SMILES string of the molecule is Cc1nc([C@](C)(O)c2ccc3c(CN4CC(F)(F)C4)nn(-c4ccnc(N)n4)c3c2)no1. The molecule has 4 aromatic rings. The maximum absolute atomic E-state index is 13.3. The summed E-state index contributed by atoms with van der Waals surface area (Å²) in [7, 11) is 0. The van der Waals surface area contributed by atoms with Gasteiger partial charge in [0.2, 0.25) is 17.7 Å². The second-order valence-electron chi connectivity index (χ2n) is 8.07. The Labute approximate surface area is 180 Å². The maximum Gasteiger partial charge on any atom is 0.272 e. The molecule has 10 nitrogen and oxygen atoms in total. The first-order chi connectivity index (χ1) is 15.1. The molecule has 0 spiro atoms. The number of halogens is 2. The molecule has 0 unspecified atom stereocenters. The van der Waals surface area contributed by atoms with Gasteiger partial charge in [0, 0.05) is 31.1 Å². The number of alkyl halides is 2. The van der Waals surface area contributed by atoms with Crippen molar-refractivity contribution in [2.24, 2.45) is 0 Å². The van der Waals surface area contributed by atoms with Gasteiger partial charge in [0.05, 0.1) is 24.3 Å². The first-order valence-electron chi connectivity index (χ1n) is 9.87. The highest BCUT2D eigenvalue weighted by atomic mass is 19.3. The lowest BCUT2D eigenvalue weighted by molar-refractivity contribution is -0.134. The summed E-state index contributed by atoms with van der Waals surface area (Å²) in [6.45, 7) is 2.82. The monoisotopic (exact) mass is 442 g/mol. The molecule has 3 aromatic heterocycles. The van der Waals surface area contributed by atoms with Crippen LogP contribution in [0.3, 0.4) is 0 Å². The first-order valence-corrected chi connectivity index (χ1v) is 9.87. The maximum atomic E-state index is 13.3. The molecular formula is C20H20F2N8O2. The Morgan fingerprint density at radius 3 is 2.69 bits per heavy atom. The lowest BCUT2D eigenvalue weighted by Gasteiger charge is -2.38. The summed E-state index contributed by atoms with van der Waals surface area (Å²) in [5, 5.41) is 20.3. The van der Waals surface area contributed by atoms with Crippen LogP contribution in [0.5, 0.6) is 0 Å². The average Bonchev–Trinajstić information content (AvgIpc) is 3.31. The number of hydrogen-bond acceptors (Lipinski definition) is 9. The van der Waals surface area contributed by atoms with Crippen molar-refractivity contribution >= 4 is 16.9 Å². The Bertz CT molecular complexity index is 1310. The molecule has 12 heteroatoms. The van der Waals surface area contributed by atoms with E-state index in [-0.39, 0.29) is 31.4 Å². The molecule has 1 saturated heterocycles. The van der Waals surface area contributed by atoms with E-state index in [9.17, 15) is 13.9 Å². The van der Waals surface area contributed by atoms with E-state index in [1.54, 1.807) is 47.7 Å². The number of likely N-dealkylation sites (tertiary alicyclic amines) is 1. The van der Waals surface area contributed by atoms with Crippen LogP contribution in [0.1, 0.15) is 29.9 Å². The molecular weight excluding hydrogens is 422 g/mol. The van der Waals surface area contributed by atoms with Crippen LogP contribution in [0.15, 0.2) is 35.0 Å². The van der Waals surface area contributed by atoms with Crippen molar-refractivity contribution in [2.75, 3.05) is 18.8 Å².